The topological polar surface area (TPSA) is 144 Å². The number of carbonyl (C=O) groups is 1. The van der Waals surface area contributed by atoms with Gasteiger partial charge in [0.05, 0.1) is 12.5 Å². The highest BCUT2D eigenvalue weighted by Crippen LogP contribution is 2.43. The molecular formula is C25H21F3N4O6. The first-order valence-electron chi connectivity index (χ1n) is 11.5. The Morgan fingerprint density at radius 3 is 2.61 bits per heavy atom. The number of carboxylic acid groups (broad SMARTS) is 1. The van der Waals surface area contributed by atoms with Crippen LogP contribution in [0.3, 0.4) is 0 Å². The summed E-state index contributed by atoms with van der Waals surface area (Å²) in [6.07, 6.45) is -5.91. The Hall–Kier alpha value is -4.23. The minimum absolute atomic E-state index is 0.0259. The van der Waals surface area contributed by atoms with Crippen LogP contribution in [0.5, 0.6) is 5.75 Å². The molecule has 0 aliphatic carbocycles. The zero-order valence-corrected chi connectivity index (χ0v) is 19.8. The Labute approximate surface area is 213 Å². The van der Waals surface area contributed by atoms with Gasteiger partial charge in [-0.2, -0.15) is 18.2 Å². The molecule has 1 aliphatic heterocycles. The Morgan fingerprint density at radius 2 is 1.89 bits per heavy atom. The third-order valence-corrected chi connectivity index (χ3v) is 6.01. The molecule has 0 saturated carbocycles. The highest BCUT2D eigenvalue weighted by Gasteiger charge is 2.43. The summed E-state index contributed by atoms with van der Waals surface area (Å²) in [7, 11) is 0. The second-order valence-electron chi connectivity index (χ2n) is 8.80. The summed E-state index contributed by atoms with van der Waals surface area (Å²) < 4.78 is 57.8. The number of fused-ring (bicyclic) bond motifs is 1. The summed E-state index contributed by atoms with van der Waals surface area (Å²) in [5.74, 6) is -1.87. The van der Waals surface area contributed by atoms with Crippen LogP contribution in [0.15, 0.2) is 57.6 Å². The van der Waals surface area contributed by atoms with Crippen molar-refractivity contribution in [3.8, 4) is 40.0 Å². The largest absolute Gasteiger partial charge is 0.491 e. The van der Waals surface area contributed by atoms with Gasteiger partial charge < -0.3 is 29.3 Å². The molecule has 4 aromatic rings. The third-order valence-electron chi connectivity index (χ3n) is 6.01. The van der Waals surface area contributed by atoms with Crippen molar-refractivity contribution in [3.63, 3.8) is 0 Å². The summed E-state index contributed by atoms with van der Waals surface area (Å²) in [6.45, 7) is 1.75. The number of aliphatic hydroxyl groups is 1. The summed E-state index contributed by atoms with van der Waals surface area (Å²) in [5.41, 5.74) is -0.500. The molecule has 3 unspecified atom stereocenters. The first kappa shape index (κ1) is 25.4. The standard InChI is InChI=1S/C25H21F3N4O6/c1-12(9-18(33)34)29-16-11-36-17-10-14(7-8-15(17)21(16)35)23-30-24(38-32-23)22-19(25(26,27)28)20(31-37-22)13-5-3-2-4-6-13/h2-8,10,12,16,21,29,35H,9,11H2,1H3,(H,33,34). The number of alkyl halides is 3. The summed E-state index contributed by atoms with van der Waals surface area (Å²) in [6, 6.07) is 11.5. The van der Waals surface area contributed by atoms with E-state index in [9.17, 15) is 23.1 Å². The Morgan fingerprint density at radius 1 is 1.13 bits per heavy atom. The molecule has 3 heterocycles. The fourth-order valence-electron chi connectivity index (χ4n) is 4.28. The van der Waals surface area contributed by atoms with Gasteiger partial charge in [-0.05, 0) is 13.0 Å². The fourth-order valence-corrected chi connectivity index (χ4v) is 4.28. The van der Waals surface area contributed by atoms with E-state index in [1.807, 2.05) is 0 Å². The molecule has 38 heavy (non-hydrogen) atoms. The molecule has 0 amide bonds. The van der Waals surface area contributed by atoms with Gasteiger partial charge in [0.15, 0.2) is 0 Å². The number of nitrogens with one attached hydrogen (secondary N) is 1. The van der Waals surface area contributed by atoms with Crippen LogP contribution in [-0.2, 0) is 11.0 Å². The Kier molecular flexibility index (Phi) is 6.63. The van der Waals surface area contributed by atoms with Crippen LogP contribution >= 0.6 is 0 Å². The lowest BCUT2D eigenvalue weighted by Crippen LogP contribution is -2.47. The van der Waals surface area contributed by atoms with Crippen molar-refractivity contribution >= 4 is 5.97 Å². The quantitative estimate of drug-likeness (QED) is 0.316. The van der Waals surface area contributed by atoms with Crippen molar-refractivity contribution in [2.24, 2.45) is 0 Å². The van der Waals surface area contributed by atoms with Crippen LogP contribution in [0.4, 0.5) is 13.2 Å². The number of rotatable bonds is 7. The number of carboxylic acids is 1. The minimum atomic E-state index is -4.81. The zero-order valence-electron chi connectivity index (χ0n) is 19.8. The summed E-state index contributed by atoms with van der Waals surface area (Å²) in [4.78, 5) is 15.0. The maximum Gasteiger partial charge on any atom is 0.422 e. The number of ether oxygens (including phenoxy) is 1. The molecule has 10 nitrogen and oxygen atoms in total. The molecule has 0 bridgehead atoms. The summed E-state index contributed by atoms with van der Waals surface area (Å²) >= 11 is 0. The van der Waals surface area contributed by atoms with E-state index in [1.165, 1.54) is 18.2 Å². The molecule has 0 radical (unpaired) electrons. The second-order valence-corrected chi connectivity index (χ2v) is 8.80. The van der Waals surface area contributed by atoms with Crippen LogP contribution in [-0.4, -0.2) is 50.2 Å². The van der Waals surface area contributed by atoms with Gasteiger partial charge >= 0.3 is 12.1 Å². The van der Waals surface area contributed by atoms with Crippen LogP contribution in [0.2, 0.25) is 0 Å². The van der Waals surface area contributed by atoms with E-state index < -0.39 is 53.2 Å². The lowest BCUT2D eigenvalue weighted by atomic mass is 9.96. The monoisotopic (exact) mass is 530 g/mol. The van der Waals surface area contributed by atoms with Gasteiger partial charge in [0, 0.05) is 22.7 Å². The zero-order chi connectivity index (χ0) is 27.0. The molecule has 1 aliphatic rings. The minimum Gasteiger partial charge on any atom is -0.491 e. The van der Waals surface area contributed by atoms with Gasteiger partial charge in [-0.15, -0.1) is 0 Å². The van der Waals surface area contributed by atoms with Crippen molar-refractivity contribution in [1.82, 2.24) is 20.6 Å². The van der Waals surface area contributed by atoms with Gasteiger partial charge in [0.1, 0.15) is 29.7 Å². The number of aliphatic hydroxyl groups excluding tert-OH is 1. The predicted octanol–water partition coefficient (Wildman–Crippen LogP) is 4.32. The molecule has 2 aromatic heterocycles. The van der Waals surface area contributed by atoms with Crippen molar-refractivity contribution in [2.45, 2.75) is 37.7 Å². The van der Waals surface area contributed by atoms with Gasteiger partial charge in [-0.1, -0.05) is 52.8 Å². The van der Waals surface area contributed by atoms with E-state index in [0.717, 1.165) is 0 Å². The molecule has 3 N–H and O–H groups in total. The van der Waals surface area contributed by atoms with E-state index in [1.54, 1.807) is 37.3 Å². The van der Waals surface area contributed by atoms with E-state index >= 15 is 0 Å². The van der Waals surface area contributed by atoms with Crippen LogP contribution in [0, 0.1) is 0 Å². The molecular weight excluding hydrogens is 509 g/mol. The molecule has 198 valence electrons. The first-order valence-corrected chi connectivity index (χ1v) is 11.5. The van der Waals surface area contributed by atoms with Crippen molar-refractivity contribution in [3.05, 3.63) is 59.7 Å². The number of hydrogen-bond acceptors (Lipinski definition) is 9. The lowest BCUT2D eigenvalue weighted by molar-refractivity contribution is -0.138. The molecule has 0 saturated heterocycles. The number of aromatic nitrogens is 3. The van der Waals surface area contributed by atoms with Crippen LogP contribution < -0.4 is 10.1 Å². The second kappa shape index (κ2) is 9.91. The highest BCUT2D eigenvalue weighted by molar-refractivity contribution is 5.71. The number of aliphatic carboxylic acids is 1. The molecule has 5 rings (SSSR count). The maximum absolute atomic E-state index is 14.0. The number of nitrogens with zero attached hydrogens (tertiary/aromatic N) is 3. The van der Waals surface area contributed by atoms with Crippen molar-refractivity contribution in [2.75, 3.05) is 6.61 Å². The predicted molar refractivity (Wildman–Crippen MR) is 125 cm³/mol. The number of hydrogen-bond donors (Lipinski definition) is 3. The first-order chi connectivity index (χ1) is 18.1. The van der Waals surface area contributed by atoms with E-state index in [4.69, 9.17) is 18.9 Å². The van der Waals surface area contributed by atoms with Gasteiger partial charge in [0.25, 0.3) is 5.89 Å². The maximum atomic E-state index is 14.0. The average Bonchev–Trinajstić information content (AvgIpc) is 3.53. The molecule has 2 aromatic carbocycles. The molecule has 3 atom stereocenters. The smallest absolute Gasteiger partial charge is 0.422 e. The fraction of sp³-hybridized carbons (Fsp3) is 0.280. The Balaban J connectivity index is 1.41. The summed E-state index contributed by atoms with van der Waals surface area (Å²) in [5, 5.41) is 30.1. The van der Waals surface area contributed by atoms with Crippen molar-refractivity contribution in [1.29, 1.82) is 0 Å². The molecule has 0 spiro atoms. The number of benzene rings is 2. The van der Waals surface area contributed by atoms with Gasteiger partial charge in [-0.3, -0.25) is 4.79 Å². The van der Waals surface area contributed by atoms with E-state index in [2.05, 4.69) is 20.6 Å². The number of halogens is 3. The lowest BCUT2D eigenvalue weighted by Gasteiger charge is -2.32. The molecule has 0 fully saturated rings. The van der Waals surface area contributed by atoms with Gasteiger partial charge in [0.2, 0.25) is 11.6 Å². The van der Waals surface area contributed by atoms with Crippen molar-refractivity contribution < 1.29 is 42.0 Å². The van der Waals surface area contributed by atoms with Crippen LogP contribution in [0.1, 0.15) is 30.6 Å². The molecule has 13 heteroatoms. The SMILES string of the molecule is CC(CC(=O)O)NC1COc2cc(-c3noc(-c4onc(-c5ccccc5)c4C(F)(F)F)n3)ccc2C1O. The van der Waals surface area contributed by atoms with E-state index in [0.29, 0.717) is 16.9 Å². The average molecular weight is 530 g/mol. The Bertz CT molecular complexity index is 1450. The van der Waals surface area contributed by atoms with Gasteiger partial charge in [-0.25, -0.2) is 0 Å². The highest BCUT2D eigenvalue weighted by atomic mass is 19.4. The van der Waals surface area contributed by atoms with Crippen LogP contribution in [0.25, 0.3) is 34.3 Å². The normalized spacial score (nSPS) is 18.0. The van der Waals surface area contributed by atoms with E-state index in [-0.39, 0.29) is 24.4 Å². The third kappa shape index (κ3) is 4.97.